The van der Waals surface area contributed by atoms with Crippen LogP contribution in [-0.4, -0.2) is 95.3 Å². The number of Topliss-reactive ketones (excluding diaryl/α,β-unsaturated/α-hetero) is 2. The maximum absolute atomic E-state index is 12.6. The van der Waals surface area contributed by atoms with Crippen LogP contribution in [0.4, 0.5) is 0 Å². The van der Waals surface area contributed by atoms with Gasteiger partial charge in [0.15, 0.2) is 5.78 Å². The molecule has 119 heavy (non-hydrogen) atoms. The summed E-state index contributed by atoms with van der Waals surface area (Å²) >= 11 is 0. The Hall–Kier alpha value is -1.79. The maximum Gasteiger partial charge on any atom is 0.161 e. The van der Waals surface area contributed by atoms with Crippen LogP contribution in [0.5, 0.6) is 0 Å². The first-order valence-corrected chi connectivity index (χ1v) is 51.8. The molecule has 6 N–H and O–H groups in total. The minimum Gasteiger partial charge on any atom is -0.393 e. The van der Waals surface area contributed by atoms with E-state index in [0.717, 1.165) is 251 Å². The van der Waals surface area contributed by atoms with Crippen molar-refractivity contribution in [2.45, 2.75) is 415 Å². The molecular weight excluding hydrogens is 1470 g/mol. The van der Waals surface area contributed by atoms with Gasteiger partial charge in [0.2, 0.25) is 0 Å². The number of hydrogen-bond donors (Lipinski definition) is 6. The van der Waals surface area contributed by atoms with Crippen LogP contribution in [-0.2, 0) is 19.1 Å². The first-order chi connectivity index (χ1) is 56.0. The predicted octanol–water partition coefficient (Wildman–Crippen LogP) is 23.8. The monoisotopic (exact) mass is 1650 g/mol. The van der Waals surface area contributed by atoms with E-state index in [0.29, 0.717) is 63.7 Å². The highest BCUT2D eigenvalue weighted by atomic mass is 16.5. The Balaban J connectivity index is 0.000000109. The zero-order valence-electron chi connectivity index (χ0n) is 78.9. The first kappa shape index (κ1) is 90.6. The van der Waals surface area contributed by atoms with Crippen molar-refractivity contribution in [3.05, 3.63) is 23.8 Å². The molecule has 19 saturated carbocycles. The number of aliphatic hydroxyl groups is 6. The highest BCUT2D eigenvalue weighted by Gasteiger charge is 2.66. The number of allylic oxidation sites excluding steroid dienone is 4. The number of carbonyl (C=O) groups is 3. The fourth-order valence-electron chi connectivity index (χ4n) is 38.8. The summed E-state index contributed by atoms with van der Waals surface area (Å²) in [6.07, 6.45) is 55.9. The predicted molar refractivity (Wildman–Crippen MR) is 480 cm³/mol. The Morgan fingerprint density at radius 3 is 1.13 bits per heavy atom. The molecule has 0 aromatic carbocycles. The summed E-state index contributed by atoms with van der Waals surface area (Å²) in [5, 5.41) is 62.7. The van der Waals surface area contributed by atoms with E-state index in [9.17, 15) is 45.0 Å². The third-order valence-electron chi connectivity index (χ3n) is 43.5. The average Bonchev–Trinajstić information content (AvgIpc) is 1.71. The summed E-state index contributed by atoms with van der Waals surface area (Å²) < 4.78 is 4.94. The van der Waals surface area contributed by atoms with E-state index in [1.54, 1.807) is 5.57 Å². The van der Waals surface area contributed by atoms with Crippen molar-refractivity contribution >= 4 is 17.3 Å². The molecule has 1 unspecified atom stereocenters. The molecule has 10 nitrogen and oxygen atoms in total. The second kappa shape index (κ2) is 33.9. The summed E-state index contributed by atoms with van der Waals surface area (Å²) in [5.41, 5.74) is 0.740. The minimum atomic E-state index is -0.430. The molecule has 0 amide bonds. The van der Waals surface area contributed by atoms with E-state index >= 15 is 0 Å². The van der Waals surface area contributed by atoms with E-state index in [4.69, 9.17) is 4.74 Å². The van der Waals surface area contributed by atoms with Gasteiger partial charge in [0, 0.05) is 36.4 Å². The van der Waals surface area contributed by atoms with E-state index in [1.807, 2.05) is 40.7 Å². The molecule has 21 aliphatic rings. The van der Waals surface area contributed by atoms with Crippen molar-refractivity contribution < 1.29 is 49.8 Å². The van der Waals surface area contributed by atoms with Crippen molar-refractivity contribution in [3.63, 3.8) is 0 Å². The number of hydrogen-bond acceptors (Lipinski definition) is 10. The SMILES string of the molecule is C/C=C1/C[C@@H](C)[C@H]2[C@@H]3CC[C@@H]4C[C@](C)(O)CC[C@@H]4[C@H]3CC[C@]12C.C1CCOC1.CC(=O)[C@H]1C[C@@H](C)[C@H]2[C@@H]3CC[C@@H]4C[C@](C)(O)CC[C@@H]4[C@H]3CC[C@@]21C.CC(O)[C@H]1C[C@@H](C)[C@H]2[C@@H]3CC[C@@H]4C[C@](C)(O)CC[C@@H]4[C@H]3CC[C@@]21C.C[C@@H]1CC(=O)[C@@]2(C)CC[C@H]3[C@@H](CC[C@@H]4C[C@](C)(O)CC[C@@H]43)[C@H]12.C[C@@]1(O)CC[C@H]2[C@H](CC[C@@H]3[C@@H]2CC[C@]2(C)C(=O)C=C[C@@H]32)C1. The Kier molecular flexibility index (Phi) is 25.8. The molecule has 0 spiro atoms. The molecule has 1 heterocycles. The zero-order valence-corrected chi connectivity index (χ0v) is 78.9. The van der Waals surface area contributed by atoms with Gasteiger partial charge < -0.3 is 35.4 Å². The van der Waals surface area contributed by atoms with Gasteiger partial charge in [0.05, 0.1) is 34.1 Å². The fourth-order valence-corrected chi connectivity index (χ4v) is 38.8. The largest absolute Gasteiger partial charge is 0.393 e. The van der Waals surface area contributed by atoms with E-state index in [2.05, 4.69) is 95.2 Å². The van der Waals surface area contributed by atoms with Crippen LogP contribution in [0.3, 0.4) is 0 Å². The van der Waals surface area contributed by atoms with Gasteiger partial charge in [-0.25, -0.2) is 0 Å². The molecule has 42 atom stereocenters. The molecule has 1 saturated heterocycles. The summed E-state index contributed by atoms with van der Waals surface area (Å²) in [5.74, 6) is 25.3. The van der Waals surface area contributed by atoms with E-state index in [-0.39, 0.29) is 27.9 Å². The smallest absolute Gasteiger partial charge is 0.161 e. The summed E-state index contributed by atoms with van der Waals surface area (Å²) in [6, 6.07) is 0. The number of carbonyl (C=O) groups excluding carboxylic acids is 3. The van der Waals surface area contributed by atoms with Gasteiger partial charge in [-0.05, 0) is 512 Å². The van der Waals surface area contributed by atoms with Gasteiger partial charge in [0.1, 0.15) is 11.6 Å². The van der Waals surface area contributed by atoms with Gasteiger partial charge in [0.25, 0.3) is 0 Å². The number of ketones is 3. The molecule has 0 radical (unpaired) electrons. The molecule has 10 heteroatoms. The van der Waals surface area contributed by atoms with Crippen LogP contribution in [0.1, 0.15) is 381 Å². The zero-order chi connectivity index (χ0) is 85.0. The van der Waals surface area contributed by atoms with Crippen molar-refractivity contribution in [1.29, 1.82) is 0 Å². The summed E-state index contributed by atoms with van der Waals surface area (Å²) in [4.78, 5) is 37.1. The minimum absolute atomic E-state index is 0.00637. The topological polar surface area (TPSA) is 182 Å². The quantitative estimate of drug-likeness (QED) is 0.146. The summed E-state index contributed by atoms with van der Waals surface area (Å²) in [7, 11) is 0. The van der Waals surface area contributed by atoms with Crippen LogP contribution in [0.15, 0.2) is 23.8 Å². The lowest BCUT2D eigenvalue weighted by molar-refractivity contribution is -0.136. The third kappa shape index (κ3) is 16.8. The second-order valence-corrected chi connectivity index (χ2v) is 51.0. The lowest BCUT2D eigenvalue weighted by atomic mass is 9.48. The lowest BCUT2D eigenvalue weighted by Crippen LogP contribution is -2.51. The van der Waals surface area contributed by atoms with E-state index in [1.165, 1.54) is 173 Å². The van der Waals surface area contributed by atoms with E-state index < -0.39 is 22.4 Å². The van der Waals surface area contributed by atoms with Gasteiger partial charge in [-0.2, -0.15) is 0 Å². The maximum atomic E-state index is 12.6. The standard InChI is InChI=1S/C22H38O2.C22H36O2.C22H36O.C20H32O2.C19H28O2.C4H8O/c2*1-13-11-19(14(2)23)22(4)10-8-17-16-7-9-21(3,24)12-15(16)5-6-18(17)20(13)22;1-5-16-12-14(2)20-19-7-6-15-13-21(3,23)10-8-17(15)18(19)9-11-22(16,20)4;1-12-10-17(21)20(3)9-7-15-14-6-8-19(2,22)11-13(14)4-5-16(15)18(12)20;1-18(21)9-7-13-12(11-18)3-4-15-14(13)8-10-19(2)16(15)5-6-17(19)20;1-2-4-5-3-1/h13-20,23-24H,5-12H2,1-4H3;13,15-20,24H,5-12H2,1-4H3;5,14-15,17-20,23H,6-13H2,1-4H3;12-16,18,22H,4-11H2,1-3H3;5-6,12-16,21H,3-4,7-11H2,1-2H3;1-4H2/b;;16-5-;;;/t13-,14?,15-,16+,17-,18-,19-,20+,21-,22-;13-,15-,16+,17-,18-,19-,20+,21-,22-;14-,15-,17+,18-,19-,20+,21-,22-;12-,13-,14+,15-,16-,18+,19-,20-;12-,13+,14-,15-,16+,18-,19+;/m11111./s1. The average molecular weight is 1650 g/mol. The highest BCUT2D eigenvalue weighted by Crippen LogP contribution is 2.72. The van der Waals surface area contributed by atoms with Crippen LogP contribution in [0.25, 0.3) is 0 Å². The Morgan fingerprint density at radius 1 is 0.395 bits per heavy atom. The second-order valence-electron chi connectivity index (χ2n) is 51.0. The molecule has 0 aromatic heterocycles. The molecular formula is C109H178O10. The van der Waals surface area contributed by atoms with Gasteiger partial charge in [-0.1, -0.05) is 80.0 Å². The van der Waals surface area contributed by atoms with Gasteiger partial charge in [-0.3, -0.25) is 14.4 Å². The van der Waals surface area contributed by atoms with Crippen LogP contribution in [0, 0.1) is 211 Å². The molecule has 21 rings (SSSR count). The number of fused-ring (bicyclic) bond motifs is 25. The molecule has 20 fully saturated rings. The van der Waals surface area contributed by atoms with Gasteiger partial charge in [-0.15, -0.1) is 0 Å². The number of rotatable bonds is 2. The summed E-state index contributed by atoms with van der Waals surface area (Å²) in [6.45, 7) is 40.1. The normalized spacial score (nSPS) is 56.0. The van der Waals surface area contributed by atoms with Crippen molar-refractivity contribution in [1.82, 2.24) is 0 Å². The van der Waals surface area contributed by atoms with Crippen LogP contribution >= 0.6 is 0 Å². The highest BCUT2D eigenvalue weighted by molar-refractivity contribution is 5.97. The third-order valence-corrected chi connectivity index (χ3v) is 43.5. The van der Waals surface area contributed by atoms with Gasteiger partial charge >= 0.3 is 0 Å². The number of aliphatic hydroxyl groups excluding tert-OH is 1. The lowest BCUT2D eigenvalue weighted by Gasteiger charge is -2.57. The van der Waals surface area contributed by atoms with Crippen molar-refractivity contribution in [3.8, 4) is 0 Å². The molecule has 20 aliphatic carbocycles. The molecule has 0 aromatic rings. The van der Waals surface area contributed by atoms with Crippen molar-refractivity contribution in [2.75, 3.05) is 13.2 Å². The Labute approximate surface area is 725 Å². The molecule has 1 aliphatic heterocycles. The molecule has 0 bridgehead atoms. The first-order valence-electron chi connectivity index (χ1n) is 51.8. The molecule has 674 valence electrons. The van der Waals surface area contributed by atoms with Crippen LogP contribution in [0.2, 0.25) is 0 Å². The van der Waals surface area contributed by atoms with Crippen molar-refractivity contribution in [2.24, 2.45) is 211 Å². The Morgan fingerprint density at radius 2 is 0.731 bits per heavy atom. The Bertz CT molecular complexity index is 3620. The number of ether oxygens (including phenoxy) is 1. The fraction of sp³-hybridized carbons (Fsp3) is 0.936. The van der Waals surface area contributed by atoms with Crippen LogP contribution < -0.4 is 0 Å².